The third-order valence-electron chi connectivity index (χ3n) is 2.31. The molecular weight excluding hydrogens is 188 g/mol. The number of amides is 1. The maximum atomic E-state index is 11.5. The van der Waals surface area contributed by atoms with Crippen LogP contribution in [0.2, 0.25) is 0 Å². The highest BCUT2D eigenvalue weighted by Gasteiger charge is 2.11. The van der Waals surface area contributed by atoms with Crippen molar-refractivity contribution in [2.24, 2.45) is 5.92 Å². The lowest BCUT2D eigenvalue weighted by Crippen LogP contribution is -2.43. The number of hydrogen-bond donors (Lipinski definition) is 2. The maximum Gasteiger partial charge on any atom is 0.236 e. The molecule has 0 saturated carbocycles. The topological polar surface area (TPSA) is 41.1 Å². The van der Waals surface area contributed by atoms with Crippen molar-refractivity contribution >= 4 is 5.91 Å². The van der Waals surface area contributed by atoms with Gasteiger partial charge in [0, 0.05) is 6.54 Å². The van der Waals surface area contributed by atoms with Gasteiger partial charge >= 0.3 is 0 Å². The van der Waals surface area contributed by atoms with Crippen molar-refractivity contribution in [3.05, 3.63) is 0 Å². The summed E-state index contributed by atoms with van der Waals surface area (Å²) in [6.45, 7) is 10.0. The van der Waals surface area contributed by atoms with E-state index >= 15 is 0 Å². The minimum absolute atomic E-state index is 0.0750. The molecule has 0 heterocycles. The van der Waals surface area contributed by atoms with Gasteiger partial charge in [-0.15, -0.1) is 0 Å². The van der Waals surface area contributed by atoms with E-state index in [1.807, 2.05) is 6.92 Å². The van der Waals surface area contributed by atoms with Crippen LogP contribution < -0.4 is 10.6 Å². The lowest BCUT2D eigenvalue weighted by molar-refractivity contribution is -0.122. The summed E-state index contributed by atoms with van der Waals surface area (Å²) in [6.07, 6.45) is 3.46. The van der Waals surface area contributed by atoms with Crippen LogP contribution in [0, 0.1) is 5.92 Å². The third-order valence-corrected chi connectivity index (χ3v) is 2.31. The lowest BCUT2D eigenvalue weighted by atomic mass is 10.2. The molecule has 1 amide bonds. The van der Waals surface area contributed by atoms with Gasteiger partial charge in [-0.1, -0.05) is 33.6 Å². The molecular formula is C12H26N2O. The summed E-state index contributed by atoms with van der Waals surface area (Å²) in [5, 5.41) is 6.15. The molecule has 0 aromatic carbocycles. The second-order valence-electron chi connectivity index (χ2n) is 4.52. The van der Waals surface area contributed by atoms with E-state index in [0.29, 0.717) is 5.92 Å². The molecule has 0 fully saturated rings. The summed E-state index contributed by atoms with van der Waals surface area (Å²) in [7, 11) is 0. The van der Waals surface area contributed by atoms with Gasteiger partial charge in [-0.05, 0) is 25.8 Å². The molecule has 0 aromatic heterocycles. The maximum absolute atomic E-state index is 11.5. The van der Waals surface area contributed by atoms with Gasteiger partial charge in [0.1, 0.15) is 0 Å². The van der Waals surface area contributed by atoms with Gasteiger partial charge in [0.05, 0.1) is 6.04 Å². The number of nitrogens with one attached hydrogen (secondary N) is 2. The summed E-state index contributed by atoms with van der Waals surface area (Å²) in [6, 6.07) is -0.0750. The highest BCUT2D eigenvalue weighted by molar-refractivity contribution is 5.81. The number of unbranched alkanes of at least 4 members (excludes halogenated alkanes) is 2. The van der Waals surface area contributed by atoms with E-state index in [-0.39, 0.29) is 11.9 Å². The predicted molar refractivity (Wildman–Crippen MR) is 64.8 cm³/mol. The molecule has 2 N–H and O–H groups in total. The van der Waals surface area contributed by atoms with Gasteiger partial charge in [0.2, 0.25) is 5.91 Å². The third kappa shape index (κ3) is 8.43. The Hall–Kier alpha value is -0.570. The smallest absolute Gasteiger partial charge is 0.236 e. The monoisotopic (exact) mass is 214 g/mol. The van der Waals surface area contributed by atoms with Crippen LogP contribution in [0.1, 0.15) is 47.0 Å². The Morgan fingerprint density at radius 2 is 1.87 bits per heavy atom. The molecule has 3 heteroatoms. The molecule has 0 rings (SSSR count). The van der Waals surface area contributed by atoms with E-state index in [1.165, 1.54) is 12.8 Å². The van der Waals surface area contributed by atoms with Crippen LogP contribution in [-0.2, 0) is 4.79 Å². The minimum atomic E-state index is -0.0750. The Bertz CT molecular complexity index is 169. The number of hydrogen-bond acceptors (Lipinski definition) is 2. The molecule has 0 radical (unpaired) electrons. The fraction of sp³-hybridized carbons (Fsp3) is 0.917. The molecule has 1 atom stereocenters. The fourth-order valence-corrected chi connectivity index (χ4v) is 1.24. The summed E-state index contributed by atoms with van der Waals surface area (Å²) in [5.74, 6) is 0.701. The molecule has 90 valence electrons. The first kappa shape index (κ1) is 14.4. The van der Waals surface area contributed by atoms with Crippen molar-refractivity contribution in [1.29, 1.82) is 0 Å². The van der Waals surface area contributed by atoms with Gasteiger partial charge < -0.3 is 10.6 Å². The molecule has 0 aliphatic heterocycles. The van der Waals surface area contributed by atoms with Crippen LogP contribution in [-0.4, -0.2) is 25.0 Å². The average Bonchev–Trinajstić information content (AvgIpc) is 2.20. The van der Waals surface area contributed by atoms with Crippen LogP contribution in [0.25, 0.3) is 0 Å². The second kappa shape index (κ2) is 8.72. The molecule has 0 aromatic rings. The van der Waals surface area contributed by atoms with Crippen LogP contribution in [0.15, 0.2) is 0 Å². The Morgan fingerprint density at radius 1 is 1.20 bits per heavy atom. The minimum Gasteiger partial charge on any atom is -0.355 e. The van der Waals surface area contributed by atoms with Crippen LogP contribution in [0.5, 0.6) is 0 Å². The molecule has 3 nitrogen and oxygen atoms in total. The normalized spacial score (nSPS) is 12.9. The van der Waals surface area contributed by atoms with E-state index in [0.717, 1.165) is 19.5 Å². The van der Waals surface area contributed by atoms with Crippen LogP contribution >= 0.6 is 0 Å². The zero-order valence-corrected chi connectivity index (χ0v) is 10.6. The van der Waals surface area contributed by atoms with Crippen molar-refractivity contribution in [3.63, 3.8) is 0 Å². The summed E-state index contributed by atoms with van der Waals surface area (Å²) in [4.78, 5) is 11.5. The zero-order chi connectivity index (χ0) is 11.7. The molecule has 15 heavy (non-hydrogen) atoms. The highest BCUT2D eigenvalue weighted by Crippen LogP contribution is 1.93. The van der Waals surface area contributed by atoms with Gasteiger partial charge in [-0.25, -0.2) is 0 Å². The van der Waals surface area contributed by atoms with Gasteiger partial charge in [0.15, 0.2) is 0 Å². The largest absolute Gasteiger partial charge is 0.355 e. The summed E-state index contributed by atoms with van der Waals surface area (Å²) < 4.78 is 0. The molecule has 1 unspecified atom stereocenters. The fourth-order valence-electron chi connectivity index (χ4n) is 1.24. The summed E-state index contributed by atoms with van der Waals surface area (Å²) in [5.41, 5.74) is 0. The van der Waals surface area contributed by atoms with Crippen molar-refractivity contribution < 1.29 is 4.79 Å². The highest BCUT2D eigenvalue weighted by atomic mass is 16.2. The standard InChI is InChI=1S/C12H26N2O/c1-5-6-7-8-13-12(15)11(4)14-9-10(2)3/h10-11,14H,5-9H2,1-4H3,(H,13,15). The number of rotatable bonds is 8. The molecule has 0 bridgehead atoms. The first-order valence-electron chi connectivity index (χ1n) is 6.09. The van der Waals surface area contributed by atoms with Crippen LogP contribution in [0.3, 0.4) is 0 Å². The van der Waals surface area contributed by atoms with Gasteiger partial charge in [0.25, 0.3) is 0 Å². The molecule has 0 saturated heterocycles. The van der Waals surface area contributed by atoms with Crippen molar-refractivity contribution in [3.8, 4) is 0 Å². The Morgan fingerprint density at radius 3 is 2.40 bits per heavy atom. The van der Waals surface area contributed by atoms with Gasteiger partial charge in [-0.3, -0.25) is 4.79 Å². The van der Waals surface area contributed by atoms with Gasteiger partial charge in [-0.2, -0.15) is 0 Å². The first-order valence-corrected chi connectivity index (χ1v) is 6.09. The Labute approximate surface area is 94.0 Å². The zero-order valence-electron chi connectivity index (χ0n) is 10.6. The summed E-state index contributed by atoms with van der Waals surface area (Å²) >= 11 is 0. The van der Waals surface area contributed by atoms with Crippen molar-refractivity contribution in [2.45, 2.75) is 53.0 Å². The average molecular weight is 214 g/mol. The van der Waals surface area contributed by atoms with E-state index in [4.69, 9.17) is 0 Å². The molecule has 0 spiro atoms. The second-order valence-corrected chi connectivity index (χ2v) is 4.52. The number of carbonyl (C=O) groups excluding carboxylic acids is 1. The van der Waals surface area contributed by atoms with E-state index < -0.39 is 0 Å². The van der Waals surface area contributed by atoms with E-state index in [9.17, 15) is 4.79 Å². The lowest BCUT2D eigenvalue weighted by Gasteiger charge is -2.15. The van der Waals surface area contributed by atoms with E-state index in [1.54, 1.807) is 0 Å². The van der Waals surface area contributed by atoms with E-state index in [2.05, 4.69) is 31.4 Å². The molecule has 0 aliphatic rings. The SMILES string of the molecule is CCCCCNC(=O)C(C)NCC(C)C. The predicted octanol–water partition coefficient (Wildman–Crippen LogP) is 1.93. The quantitative estimate of drug-likeness (QED) is 0.606. The van der Waals surface area contributed by atoms with Crippen molar-refractivity contribution in [1.82, 2.24) is 10.6 Å². The van der Waals surface area contributed by atoms with Crippen LogP contribution in [0.4, 0.5) is 0 Å². The molecule has 0 aliphatic carbocycles. The Balaban J connectivity index is 3.51. The Kier molecular flexibility index (Phi) is 8.38. The first-order chi connectivity index (χ1) is 7.07. The number of carbonyl (C=O) groups is 1. The van der Waals surface area contributed by atoms with Crippen molar-refractivity contribution in [2.75, 3.05) is 13.1 Å².